The zero-order valence-electron chi connectivity index (χ0n) is 20.7. The maximum Gasteiger partial charge on any atom is 0.226 e. The third-order valence-electron chi connectivity index (χ3n) is 6.58. The Morgan fingerprint density at radius 2 is 1.95 bits per heavy atom. The molecule has 37 heavy (non-hydrogen) atoms. The largest absolute Gasteiger partial charge is 0.352 e. The third kappa shape index (κ3) is 5.38. The molecule has 1 amide bonds. The van der Waals surface area contributed by atoms with Crippen LogP contribution >= 0.6 is 23.8 Å². The van der Waals surface area contributed by atoms with Crippen molar-refractivity contribution in [2.24, 2.45) is 0 Å². The summed E-state index contributed by atoms with van der Waals surface area (Å²) in [6, 6.07) is 23.5. The molecule has 0 saturated carbocycles. The second-order valence-corrected chi connectivity index (χ2v) is 10.0. The molecule has 0 aliphatic carbocycles. The SMILES string of the molecule is Cc1cccc(NC(=O)CCN2C(=S)N[C@@H](c3ccccn3)[C@H]2c2cccn2-c2ccc(Cl)c(C)c2)c1. The predicted molar refractivity (Wildman–Crippen MR) is 152 cm³/mol. The normalized spacial score (nSPS) is 17.1. The number of thiocarbonyl (C=S) groups is 1. The number of carbonyl (C=O) groups is 1. The number of hydrogen-bond acceptors (Lipinski definition) is 3. The topological polar surface area (TPSA) is 62.2 Å². The van der Waals surface area contributed by atoms with Gasteiger partial charge in [0, 0.05) is 47.5 Å². The van der Waals surface area contributed by atoms with Crippen LogP contribution in [-0.2, 0) is 4.79 Å². The highest BCUT2D eigenvalue weighted by atomic mass is 35.5. The predicted octanol–water partition coefficient (Wildman–Crippen LogP) is 6.14. The molecule has 1 saturated heterocycles. The second-order valence-electron chi connectivity index (χ2n) is 9.22. The first-order chi connectivity index (χ1) is 17.9. The standard InChI is InChI=1S/C29H28ClN5OS/c1-19-7-5-8-21(17-19)32-26(36)13-16-35-28(27(33-29(35)37)24-9-3-4-14-31-24)25-10-6-15-34(25)22-11-12-23(30)20(2)18-22/h3-12,14-15,17-18,27-28H,13,16H2,1-2H3,(H,32,36)(H,33,37)/t27-,28+/m0/s1. The number of halogens is 1. The number of amides is 1. The van der Waals surface area contributed by atoms with Crippen molar-refractivity contribution in [1.82, 2.24) is 19.8 Å². The quantitative estimate of drug-likeness (QED) is 0.281. The first kappa shape index (κ1) is 25.0. The minimum Gasteiger partial charge on any atom is -0.352 e. The Morgan fingerprint density at radius 1 is 1.08 bits per heavy atom. The van der Waals surface area contributed by atoms with E-state index in [1.165, 1.54) is 0 Å². The van der Waals surface area contributed by atoms with Crippen molar-refractivity contribution >= 4 is 40.5 Å². The summed E-state index contributed by atoms with van der Waals surface area (Å²) >= 11 is 12.1. The lowest BCUT2D eigenvalue weighted by molar-refractivity contribution is -0.116. The Kier molecular flexibility index (Phi) is 7.26. The molecular weight excluding hydrogens is 502 g/mol. The first-order valence-corrected chi connectivity index (χ1v) is 13.0. The molecule has 188 valence electrons. The van der Waals surface area contributed by atoms with Crippen LogP contribution in [0.15, 0.2) is 85.2 Å². The Morgan fingerprint density at radius 3 is 2.70 bits per heavy atom. The fourth-order valence-electron chi connectivity index (χ4n) is 4.79. The van der Waals surface area contributed by atoms with Gasteiger partial charge in [-0.05, 0) is 91.8 Å². The minimum atomic E-state index is -0.171. The van der Waals surface area contributed by atoms with Crippen LogP contribution in [0.3, 0.4) is 0 Å². The zero-order valence-corrected chi connectivity index (χ0v) is 22.3. The number of nitrogens with zero attached hydrogens (tertiary/aromatic N) is 3. The van der Waals surface area contributed by atoms with E-state index in [-0.39, 0.29) is 18.0 Å². The smallest absolute Gasteiger partial charge is 0.226 e. The number of hydrogen-bond donors (Lipinski definition) is 2. The van der Waals surface area contributed by atoms with Gasteiger partial charge in [-0.1, -0.05) is 29.8 Å². The molecule has 2 atom stereocenters. The van der Waals surface area contributed by atoms with Crippen molar-refractivity contribution in [3.8, 4) is 5.69 Å². The Labute approximate surface area is 227 Å². The highest BCUT2D eigenvalue weighted by molar-refractivity contribution is 7.80. The van der Waals surface area contributed by atoms with Crippen LogP contribution in [0.2, 0.25) is 5.02 Å². The average Bonchev–Trinajstić information content (AvgIpc) is 3.49. The van der Waals surface area contributed by atoms with Gasteiger partial charge in [0.1, 0.15) is 0 Å². The van der Waals surface area contributed by atoms with E-state index >= 15 is 0 Å². The van der Waals surface area contributed by atoms with E-state index in [0.29, 0.717) is 18.1 Å². The average molecular weight is 530 g/mol. The fourth-order valence-corrected chi connectivity index (χ4v) is 5.23. The summed E-state index contributed by atoms with van der Waals surface area (Å²) in [6.07, 6.45) is 4.12. The molecule has 0 radical (unpaired) electrons. The lowest BCUT2D eigenvalue weighted by Crippen LogP contribution is -2.33. The van der Waals surface area contributed by atoms with E-state index in [0.717, 1.165) is 38.9 Å². The van der Waals surface area contributed by atoms with Gasteiger partial charge >= 0.3 is 0 Å². The molecule has 0 spiro atoms. The van der Waals surface area contributed by atoms with Gasteiger partial charge in [0.2, 0.25) is 5.91 Å². The number of benzene rings is 2. The van der Waals surface area contributed by atoms with Crippen LogP contribution in [0.5, 0.6) is 0 Å². The molecule has 2 aromatic carbocycles. The highest BCUT2D eigenvalue weighted by Crippen LogP contribution is 2.39. The summed E-state index contributed by atoms with van der Waals surface area (Å²) in [5.41, 5.74) is 5.84. The van der Waals surface area contributed by atoms with Crippen LogP contribution in [0.4, 0.5) is 5.69 Å². The number of aromatic nitrogens is 2. The number of rotatable bonds is 7. The van der Waals surface area contributed by atoms with Crippen LogP contribution in [0.25, 0.3) is 5.69 Å². The van der Waals surface area contributed by atoms with E-state index < -0.39 is 0 Å². The molecule has 0 bridgehead atoms. The lowest BCUT2D eigenvalue weighted by Gasteiger charge is -2.29. The number of nitrogens with one attached hydrogen (secondary N) is 2. The van der Waals surface area contributed by atoms with Crippen LogP contribution in [0.1, 0.15) is 41.0 Å². The maximum absolute atomic E-state index is 12.9. The molecule has 1 aliphatic heterocycles. The molecule has 1 aliphatic rings. The monoisotopic (exact) mass is 529 g/mol. The van der Waals surface area contributed by atoms with Gasteiger partial charge < -0.3 is 20.1 Å². The first-order valence-electron chi connectivity index (χ1n) is 12.2. The van der Waals surface area contributed by atoms with E-state index in [2.05, 4.69) is 37.2 Å². The van der Waals surface area contributed by atoms with Crippen molar-refractivity contribution in [3.63, 3.8) is 0 Å². The molecule has 4 aromatic rings. The van der Waals surface area contributed by atoms with Crippen LogP contribution < -0.4 is 10.6 Å². The second kappa shape index (κ2) is 10.7. The number of pyridine rings is 1. The molecule has 5 rings (SSSR count). The van der Waals surface area contributed by atoms with Gasteiger partial charge in [0.15, 0.2) is 5.11 Å². The summed E-state index contributed by atoms with van der Waals surface area (Å²) < 4.78 is 2.15. The van der Waals surface area contributed by atoms with Gasteiger partial charge in [-0.2, -0.15) is 0 Å². The summed E-state index contributed by atoms with van der Waals surface area (Å²) in [6.45, 7) is 4.46. The van der Waals surface area contributed by atoms with Gasteiger partial charge in [0.25, 0.3) is 0 Å². The number of anilines is 1. The van der Waals surface area contributed by atoms with Crippen LogP contribution in [-0.4, -0.2) is 32.0 Å². The Hall–Kier alpha value is -3.68. The number of aryl methyl sites for hydroxylation is 2. The minimum absolute atomic E-state index is 0.0582. The summed E-state index contributed by atoms with van der Waals surface area (Å²) in [4.78, 5) is 19.6. The third-order valence-corrected chi connectivity index (χ3v) is 7.36. The van der Waals surface area contributed by atoms with Gasteiger partial charge in [0.05, 0.1) is 17.8 Å². The summed E-state index contributed by atoms with van der Waals surface area (Å²) in [7, 11) is 0. The van der Waals surface area contributed by atoms with Crippen molar-refractivity contribution in [3.05, 3.63) is 113 Å². The zero-order chi connectivity index (χ0) is 25.9. The fraction of sp³-hybridized carbons (Fsp3) is 0.207. The molecule has 2 aromatic heterocycles. The van der Waals surface area contributed by atoms with E-state index in [4.69, 9.17) is 23.8 Å². The molecule has 6 nitrogen and oxygen atoms in total. The van der Waals surface area contributed by atoms with Crippen LogP contribution in [0, 0.1) is 13.8 Å². The van der Waals surface area contributed by atoms with Crippen molar-refractivity contribution in [1.29, 1.82) is 0 Å². The molecule has 8 heteroatoms. The van der Waals surface area contributed by atoms with Crippen molar-refractivity contribution in [2.45, 2.75) is 32.4 Å². The molecule has 2 N–H and O–H groups in total. The molecule has 1 fully saturated rings. The van der Waals surface area contributed by atoms with E-state index in [9.17, 15) is 4.79 Å². The Bertz CT molecular complexity index is 1440. The Balaban J connectivity index is 1.45. The summed E-state index contributed by atoms with van der Waals surface area (Å²) in [5, 5.41) is 7.80. The molecule has 0 unspecified atom stereocenters. The maximum atomic E-state index is 12.9. The van der Waals surface area contributed by atoms with E-state index in [1.54, 1.807) is 6.20 Å². The summed E-state index contributed by atoms with van der Waals surface area (Å²) in [5.74, 6) is -0.0582. The van der Waals surface area contributed by atoms with Crippen molar-refractivity contribution < 1.29 is 4.79 Å². The lowest BCUT2D eigenvalue weighted by atomic mass is 10.0. The van der Waals surface area contributed by atoms with Gasteiger partial charge in [-0.15, -0.1) is 0 Å². The highest BCUT2D eigenvalue weighted by Gasteiger charge is 2.41. The van der Waals surface area contributed by atoms with Crippen molar-refractivity contribution in [2.75, 3.05) is 11.9 Å². The molecular formula is C29H28ClN5OS. The van der Waals surface area contributed by atoms with Gasteiger partial charge in [-0.25, -0.2) is 0 Å². The van der Waals surface area contributed by atoms with E-state index in [1.807, 2.05) is 80.7 Å². The van der Waals surface area contributed by atoms with Gasteiger partial charge in [-0.3, -0.25) is 9.78 Å². The number of carbonyl (C=O) groups excluding carboxylic acids is 1. The molecule has 3 heterocycles.